The molecule has 0 amide bonds. The van der Waals surface area contributed by atoms with Crippen molar-refractivity contribution < 1.29 is 5.11 Å². The van der Waals surface area contributed by atoms with Crippen LogP contribution in [0.5, 0.6) is 5.88 Å². The summed E-state index contributed by atoms with van der Waals surface area (Å²) in [5, 5.41) is 11.6. The Hall–Kier alpha value is -1.62. The zero-order valence-corrected chi connectivity index (χ0v) is 9.11. The van der Waals surface area contributed by atoms with E-state index in [1.165, 1.54) is 11.3 Å². The molecule has 0 fully saturated rings. The Labute approximate surface area is 91.9 Å². The molecule has 4 nitrogen and oxygen atoms in total. The number of anilines is 1. The topological polar surface area (TPSA) is 49.2 Å². The minimum atomic E-state index is 0.0769. The van der Waals surface area contributed by atoms with Crippen molar-refractivity contribution in [3.05, 3.63) is 35.5 Å². The van der Waals surface area contributed by atoms with E-state index in [2.05, 4.69) is 9.97 Å². The average Bonchev–Trinajstić information content (AvgIpc) is 2.66. The maximum atomic E-state index is 9.13. The molecule has 0 aliphatic carbocycles. The molecular formula is C10H11N3OS. The highest BCUT2D eigenvalue weighted by molar-refractivity contribution is 7.13. The Morgan fingerprint density at radius 3 is 3.00 bits per heavy atom. The van der Waals surface area contributed by atoms with Crippen LogP contribution in [-0.2, 0) is 6.54 Å². The predicted molar refractivity (Wildman–Crippen MR) is 60.1 cm³/mol. The lowest BCUT2D eigenvalue weighted by Crippen LogP contribution is -2.15. The summed E-state index contributed by atoms with van der Waals surface area (Å²) in [5.41, 5.74) is 1.12. The fourth-order valence-electron chi connectivity index (χ4n) is 1.26. The number of rotatable bonds is 3. The average molecular weight is 221 g/mol. The second kappa shape index (κ2) is 4.27. The van der Waals surface area contributed by atoms with Crippen molar-refractivity contribution in [3.8, 4) is 5.88 Å². The van der Waals surface area contributed by atoms with Gasteiger partial charge in [-0.2, -0.15) is 4.98 Å². The molecule has 15 heavy (non-hydrogen) atoms. The highest BCUT2D eigenvalue weighted by Gasteiger charge is 2.06. The summed E-state index contributed by atoms with van der Waals surface area (Å²) in [5.74, 6) is 0.0769. The van der Waals surface area contributed by atoms with Gasteiger partial charge in [0.2, 0.25) is 5.88 Å². The summed E-state index contributed by atoms with van der Waals surface area (Å²) in [4.78, 5) is 10.0. The van der Waals surface area contributed by atoms with Crippen LogP contribution in [0.3, 0.4) is 0 Å². The minimum absolute atomic E-state index is 0.0769. The molecular weight excluding hydrogens is 210 g/mol. The number of hydrogen-bond acceptors (Lipinski definition) is 5. The molecule has 5 heteroatoms. The molecule has 0 spiro atoms. The fraction of sp³-hybridized carbons (Fsp3) is 0.200. The first-order valence-corrected chi connectivity index (χ1v) is 5.38. The van der Waals surface area contributed by atoms with Gasteiger partial charge in [0.25, 0.3) is 0 Å². The van der Waals surface area contributed by atoms with Crippen LogP contribution in [-0.4, -0.2) is 22.1 Å². The molecule has 2 rings (SSSR count). The molecule has 0 aromatic carbocycles. The van der Waals surface area contributed by atoms with Crippen LogP contribution in [0.4, 0.5) is 5.13 Å². The molecule has 0 radical (unpaired) electrons. The monoisotopic (exact) mass is 221 g/mol. The van der Waals surface area contributed by atoms with Crippen molar-refractivity contribution in [1.29, 1.82) is 0 Å². The standard InChI is InChI=1S/C10H11N3OS/c1-13(10-12-9(14)7-15-10)6-8-3-2-4-11-5-8/h2-5,7,14H,6H2,1H3. The summed E-state index contributed by atoms with van der Waals surface area (Å²) in [6.45, 7) is 0.737. The van der Waals surface area contributed by atoms with Gasteiger partial charge in [-0.15, -0.1) is 11.3 Å². The van der Waals surface area contributed by atoms with Gasteiger partial charge in [0.15, 0.2) is 5.13 Å². The Morgan fingerprint density at radius 1 is 1.53 bits per heavy atom. The largest absolute Gasteiger partial charge is 0.493 e. The summed E-state index contributed by atoms with van der Waals surface area (Å²) in [6.07, 6.45) is 3.57. The van der Waals surface area contributed by atoms with E-state index in [1.54, 1.807) is 11.6 Å². The van der Waals surface area contributed by atoms with E-state index >= 15 is 0 Å². The molecule has 0 aliphatic heterocycles. The van der Waals surface area contributed by atoms with Gasteiger partial charge in [0.05, 0.1) is 5.38 Å². The summed E-state index contributed by atoms with van der Waals surface area (Å²) in [7, 11) is 1.94. The predicted octanol–water partition coefficient (Wildman–Crippen LogP) is 1.88. The molecule has 0 unspecified atom stereocenters. The van der Waals surface area contributed by atoms with E-state index in [0.717, 1.165) is 17.2 Å². The number of aromatic nitrogens is 2. The van der Waals surface area contributed by atoms with Gasteiger partial charge in [0, 0.05) is 26.0 Å². The zero-order chi connectivity index (χ0) is 10.7. The summed E-state index contributed by atoms with van der Waals surface area (Å²) >= 11 is 1.42. The Bertz CT molecular complexity index is 429. The first-order valence-electron chi connectivity index (χ1n) is 4.50. The quantitative estimate of drug-likeness (QED) is 0.859. The van der Waals surface area contributed by atoms with Crippen LogP contribution >= 0.6 is 11.3 Å². The number of aromatic hydroxyl groups is 1. The van der Waals surface area contributed by atoms with Gasteiger partial charge in [0.1, 0.15) is 0 Å². The van der Waals surface area contributed by atoms with Crippen molar-refractivity contribution in [2.75, 3.05) is 11.9 Å². The number of pyridine rings is 1. The van der Waals surface area contributed by atoms with Crippen LogP contribution in [0, 0.1) is 0 Å². The van der Waals surface area contributed by atoms with Gasteiger partial charge >= 0.3 is 0 Å². The first kappa shape index (κ1) is 9.92. The molecule has 2 heterocycles. The zero-order valence-electron chi connectivity index (χ0n) is 8.29. The number of nitrogens with zero attached hydrogens (tertiary/aromatic N) is 3. The van der Waals surface area contributed by atoms with Crippen LogP contribution in [0.1, 0.15) is 5.56 Å². The van der Waals surface area contributed by atoms with Crippen molar-refractivity contribution >= 4 is 16.5 Å². The molecule has 0 saturated carbocycles. The van der Waals surface area contributed by atoms with Gasteiger partial charge in [-0.1, -0.05) is 6.07 Å². The molecule has 2 aromatic heterocycles. The Balaban J connectivity index is 2.07. The highest BCUT2D eigenvalue weighted by Crippen LogP contribution is 2.23. The van der Waals surface area contributed by atoms with Gasteiger partial charge < -0.3 is 10.0 Å². The minimum Gasteiger partial charge on any atom is -0.493 e. The third kappa shape index (κ3) is 2.44. The third-order valence-electron chi connectivity index (χ3n) is 1.95. The van der Waals surface area contributed by atoms with Crippen molar-refractivity contribution in [2.45, 2.75) is 6.54 Å². The van der Waals surface area contributed by atoms with E-state index in [0.29, 0.717) is 0 Å². The fourth-order valence-corrected chi connectivity index (χ4v) is 1.92. The van der Waals surface area contributed by atoms with Crippen LogP contribution < -0.4 is 4.90 Å². The van der Waals surface area contributed by atoms with Crippen molar-refractivity contribution in [3.63, 3.8) is 0 Å². The molecule has 2 aromatic rings. The van der Waals surface area contributed by atoms with Crippen LogP contribution in [0.2, 0.25) is 0 Å². The van der Waals surface area contributed by atoms with Crippen molar-refractivity contribution in [1.82, 2.24) is 9.97 Å². The van der Waals surface area contributed by atoms with Crippen molar-refractivity contribution in [2.24, 2.45) is 0 Å². The lowest BCUT2D eigenvalue weighted by Gasteiger charge is -2.14. The molecule has 78 valence electrons. The third-order valence-corrected chi connectivity index (χ3v) is 2.89. The van der Waals surface area contributed by atoms with E-state index in [9.17, 15) is 0 Å². The maximum Gasteiger partial charge on any atom is 0.223 e. The van der Waals surface area contributed by atoms with Gasteiger partial charge in [-0.3, -0.25) is 4.98 Å². The molecule has 0 aliphatic rings. The molecule has 0 atom stereocenters. The van der Waals surface area contributed by atoms with Crippen LogP contribution in [0.25, 0.3) is 0 Å². The van der Waals surface area contributed by atoms with Gasteiger partial charge in [-0.05, 0) is 11.6 Å². The molecule has 0 saturated heterocycles. The highest BCUT2D eigenvalue weighted by atomic mass is 32.1. The lowest BCUT2D eigenvalue weighted by molar-refractivity contribution is 0.457. The van der Waals surface area contributed by atoms with Crippen LogP contribution in [0.15, 0.2) is 29.9 Å². The van der Waals surface area contributed by atoms with E-state index in [1.807, 2.05) is 30.3 Å². The Kier molecular flexibility index (Phi) is 2.82. The Morgan fingerprint density at radius 2 is 2.40 bits per heavy atom. The number of thiazole rings is 1. The second-order valence-corrected chi connectivity index (χ2v) is 4.04. The first-order chi connectivity index (χ1) is 7.25. The number of hydrogen-bond donors (Lipinski definition) is 1. The summed E-state index contributed by atoms with van der Waals surface area (Å²) in [6, 6.07) is 3.92. The molecule has 0 bridgehead atoms. The van der Waals surface area contributed by atoms with E-state index in [-0.39, 0.29) is 5.88 Å². The molecule has 1 N–H and O–H groups in total. The normalized spacial score (nSPS) is 10.2. The second-order valence-electron chi connectivity index (χ2n) is 3.21. The SMILES string of the molecule is CN(Cc1cccnc1)c1nc(O)cs1. The van der Waals surface area contributed by atoms with E-state index in [4.69, 9.17) is 5.11 Å². The van der Waals surface area contributed by atoms with E-state index < -0.39 is 0 Å². The lowest BCUT2D eigenvalue weighted by atomic mass is 10.3. The maximum absolute atomic E-state index is 9.13. The summed E-state index contributed by atoms with van der Waals surface area (Å²) < 4.78 is 0. The van der Waals surface area contributed by atoms with Gasteiger partial charge in [-0.25, -0.2) is 0 Å². The smallest absolute Gasteiger partial charge is 0.223 e.